The van der Waals surface area contributed by atoms with E-state index in [1.165, 1.54) is 19.4 Å². The van der Waals surface area contributed by atoms with E-state index in [9.17, 15) is 19.5 Å². The maximum absolute atomic E-state index is 12.8. The summed E-state index contributed by atoms with van der Waals surface area (Å²) in [6.45, 7) is 11.0. The highest BCUT2D eigenvalue weighted by Gasteiger charge is 2.46. The van der Waals surface area contributed by atoms with Gasteiger partial charge in [-0.15, -0.1) is 0 Å². The number of aliphatic hydroxyl groups excluding tert-OH is 1. The van der Waals surface area contributed by atoms with Crippen LogP contribution in [-0.2, 0) is 33.3 Å². The lowest BCUT2D eigenvalue weighted by molar-refractivity contribution is -0.207. The van der Waals surface area contributed by atoms with E-state index < -0.39 is 29.9 Å². The van der Waals surface area contributed by atoms with Crippen molar-refractivity contribution in [2.45, 2.75) is 154 Å². The molecule has 3 aliphatic rings. The largest absolute Gasteiger partial charge is 0.459 e. The molecule has 2 saturated heterocycles. The summed E-state index contributed by atoms with van der Waals surface area (Å²) in [6.07, 6.45) is 14.1. The number of nitrogens with one attached hydrogen (secondary N) is 2. The van der Waals surface area contributed by atoms with Gasteiger partial charge in [0.1, 0.15) is 18.3 Å². The predicted octanol–water partition coefficient (Wildman–Crippen LogP) is 4.45. The lowest BCUT2D eigenvalue weighted by atomic mass is 9.84. The monoisotopic (exact) mass is 632 g/mol. The van der Waals surface area contributed by atoms with E-state index in [4.69, 9.17) is 18.9 Å². The molecule has 0 radical (unpaired) electrons. The van der Waals surface area contributed by atoms with Crippen LogP contribution >= 0.6 is 0 Å². The summed E-state index contributed by atoms with van der Waals surface area (Å²) < 4.78 is 23.3. The number of amides is 2. The number of methoxy groups -OCH3 is 1. The molecule has 2 heterocycles. The van der Waals surface area contributed by atoms with Gasteiger partial charge in [0.05, 0.1) is 36.4 Å². The van der Waals surface area contributed by atoms with E-state index in [1.807, 2.05) is 32.9 Å². The highest BCUT2D eigenvalue weighted by atomic mass is 16.5. The van der Waals surface area contributed by atoms with Crippen LogP contribution in [-0.4, -0.2) is 84.3 Å². The molecule has 3 rings (SSSR count). The molecule has 0 aromatic carbocycles. The fourth-order valence-corrected chi connectivity index (χ4v) is 6.56. The van der Waals surface area contributed by atoms with E-state index in [1.54, 1.807) is 20.1 Å². The van der Waals surface area contributed by atoms with Crippen LogP contribution in [0.1, 0.15) is 99.3 Å². The first-order chi connectivity index (χ1) is 21.3. The summed E-state index contributed by atoms with van der Waals surface area (Å²) in [7, 11) is 1.59. The highest BCUT2D eigenvalue weighted by Crippen LogP contribution is 2.34. The molecule has 3 fully saturated rings. The minimum Gasteiger partial charge on any atom is -0.459 e. The molecule has 0 spiro atoms. The fourth-order valence-electron chi connectivity index (χ4n) is 6.56. The van der Waals surface area contributed by atoms with E-state index in [0.29, 0.717) is 12.8 Å². The van der Waals surface area contributed by atoms with Gasteiger partial charge in [0.2, 0.25) is 11.8 Å². The van der Waals surface area contributed by atoms with Crippen LogP contribution in [0.5, 0.6) is 0 Å². The fraction of sp³-hybridized carbons (Fsp3) is 0.743. The summed E-state index contributed by atoms with van der Waals surface area (Å²) in [5.41, 5.74) is 0.179. The Morgan fingerprint density at radius 1 is 1.07 bits per heavy atom. The van der Waals surface area contributed by atoms with Gasteiger partial charge in [0.25, 0.3) is 0 Å². The summed E-state index contributed by atoms with van der Waals surface area (Å²) in [6, 6.07) is 0.118. The van der Waals surface area contributed by atoms with Gasteiger partial charge in [-0.05, 0) is 65.4 Å². The molecule has 45 heavy (non-hydrogen) atoms. The van der Waals surface area contributed by atoms with Crippen LogP contribution in [0.25, 0.3) is 0 Å². The van der Waals surface area contributed by atoms with Gasteiger partial charge in [-0.2, -0.15) is 0 Å². The average Bonchev–Trinajstić information content (AvgIpc) is 2.98. The zero-order valence-electron chi connectivity index (χ0n) is 28.3. The van der Waals surface area contributed by atoms with Gasteiger partial charge >= 0.3 is 5.97 Å². The molecule has 7 unspecified atom stereocenters. The van der Waals surface area contributed by atoms with Crippen molar-refractivity contribution in [3.05, 3.63) is 36.0 Å². The van der Waals surface area contributed by atoms with Crippen molar-refractivity contribution in [2.24, 2.45) is 5.92 Å². The normalized spacial score (nSPS) is 34.0. The van der Waals surface area contributed by atoms with Crippen LogP contribution in [0.2, 0.25) is 0 Å². The summed E-state index contributed by atoms with van der Waals surface area (Å²) >= 11 is 0. The number of ether oxygens (including phenoxy) is 4. The Hall–Kier alpha value is -2.53. The van der Waals surface area contributed by atoms with Crippen molar-refractivity contribution in [2.75, 3.05) is 7.11 Å². The van der Waals surface area contributed by atoms with Crippen LogP contribution in [0.15, 0.2) is 36.0 Å². The quantitative estimate of drug-likeness (QED) is 0.163. The average molecular weight is 633 g/mol. The molecule has 1 saturated carbocycles. The number of hydrogen-bond donors (Lipinski definition) is 3. The van der Waals surface area contributed by atoms with Crippen LogP contribution in [0.4, 0.5) is 0 Å². The molecule has 2 amide bonds. The lowest BCUT2D eigenvalue weighted by Gasteiger charge is -2.44. The third-order valence-electron chi connectivity index (χ3n) is 9.40. The van der Waals surface area contributed by atoms with E-state index >= 15 is 0 Å². The second-order valence-electron chi connectivity index (χ2n) is 13.4. The zero-order chi connectivity index (χ0) is 33.1. The Morgan fingerprint density at radius 2 is 1.78 bits per heavy atom. The first-order valence-corrected chi connectivity index (χ1v) is 16.6. The molecule has 10 nitrogen and oxygen atoms in total. The molecule has 0 aromatic heterocycles. The molecule has 1 aliphatic carbocycles. The molecule has 10 heteroatoms. The standard InChI is InChI=1S/C35H56N2O8/c1-22(13-16-30-23(2)19-29(25(4)44-30)37-32(39)18-15-24(3)43-26(5)38)14-17-31-34(41)35(6,42-7)21-28(45-31)20-33(40)36-27-11-9-8-10-12-27/h13-15,17-18,23-25,27-31,34,41H,8-12,16,19-21H2,1-7H3,(H,36,40)(H,37,39)/b17-14+,18-15-,22-13+/t23?,24?,25?,28-,29?,30?,31?,34-,35?/m1/s1. The topological polar surface area (TPSA) is 132 Å². The van der Waals surface area contributed by atoms with Crippen molar-refractivity contribution >= 4 is 17.8 Å². The van der Waals surface area contributed by atoms with Gasteiger partial charge in [-0.3, -0.25) is 14.4 Å². The second kappa shape index (κ2) is 17.4. The Balaban J connectivity index is 1.52. The Kier molecular flexibility index (Phi) is 14.3. The number of esters is 1. The minimum atomic E-state index is -0.876. The Morgan fingerprint density at radius 3 is 2.44 bits per heavy atom. The number of carbonyl (C=O) groups excluding carboxylic acids is 3. The first kappa shape index (κ1) is 36.9. The van der Waals surface area contributed by atoms with Crippen LogP contribution in [0, 0.1) is 5.92 Å². The molecule has 3 N–H and O–H groups in total. The van der Waals surface area contributed by atoms with E-state index in [2.05, 4.69) is 23.6 Å². The maximum Gasteiger partial charge on any atom is 0.303 e. The number of hydrogen-bond acceptors (Lipinski definition) is 8. The number of aliphatic hydroxyl groups is 1. The minimum absolute atomic E-state index is 0.00334. The van der Waals surface area contributed by atoms with Crippen LogP contribution < -0.4 is 10.6 Å². The number of allylic oxidation sites excluding steroid dienone is 2. The zero-order valence-corrected chi connectivity index (χ0v) is 28.3. The number of rotatable bonds is 12. The third-order valence-corrected chi connectivity index (χ3v) is 9.40. The predicted molar refractivity (Wildman–Crippen MR) is 172 cm³/mol. The SMILES string of the molecule is COC1(C)C[C@@H](CC(=O)NC2CCCCC2)OC(/C=C/C(C)=C/CC2OC(C)C(NC(=O)/C=C\C(C)OC(C)=O)CC2C)[C@H]1O. The molecule has 9 atom stereocenters. The van der Waals surface area contributed by atoms with Crippen LogP contribution in [0.3, 0.4) is 0 Å². The van der Waals surface area contributed by atoms with E-state index in [0.717, 1.165) is 37.7 Å². The molecule has 2 aliphatic heterocycles. The molecular formula is C35H56N2O8. The van der Waals surface area contributed by atoms with Crippen molar-refractivity contribution in [1.29, 1.82) is 0 Å². The molecule has 254 valence electrons. The van der Waals surface area contributed by atoms with Gasteiger partial charge in [0, 0.05) is 32.6 Å². The lowest BCUT2D eigenvalue weighted by Crippen LogP contribution is -2.56. The number of carbonyl (C=O) groups is 3. The third kappa shape index (κ3) is 11.6. The molecule has 0 bridgehead atoms. The highest BCUT2D eigenvalue weighted by molar-refractivity contribution is 5.87. The summed E-state index contributed by atoms with van der Waals surface area (Å²) in [5.74, 6) is -0.432. The first-order valence-electron chi connectivity index (χ1n) is 16.6. The Labute approximate surface area is 269 Å². The van der Waals surface area contributed by atoms with Gasteiger partial charge in [-0.1, -0.05) is 50.0 Å². The molecular weight excluding hydrogens is 576 g/mol. The van der Waals surface area contributed by atoms with Crippen molar-refractivity contribution in [3.63, 3.8) is 0 Å². The summed E-state index contributed by atoms with van der Waals surface area (Å²) in [4.78, 5) is 36.3. The second-order valence-corrected chi connectivity index (χ2v) is 13.4. The summed E-state index contributed by atoms with van der Waals surface area (Å²) in [5, 5.41) is 17.3. The van der Waals surface area contributed by atoms with E-state index in [-0.39, 0.29) is 54.5 Å². The van der Waals surface area contributed by atoms with Gasteiger partial charge in [0.15, 0.2) is 0 Å². The van der Waals surface area contributed by atoms with Gasteiger partial charge in [-0.25, -0.2) is 0 Å². The smallest absolute Gasteiger partial charge is 0.303 e. The van der Waals surface area contributed by atoms with Crippen molar-refractivity contribution in [1.82, 2.24) is 10.6 Å². The Bertz CT molecular complexity index is 1080. The van der Waals surface area contributed by atoms with Crippen molar-refractivity contribution < 1.29 is 38.4 Å². The van der Waals surface area contributed by atoms with Crippen molar-refractivity contribution in [3.8, 4) is 0 Å². The van der Waals surface area contributed by atoms with Gasteiger partial charge < -0.3 is 34.7 Å². The maximum atomic E-state index is 12.8. The molecule has 0 aromatic rings.